The van der Waals surface area contributed by atoms with Gasteiger partial charge in [-0.25, -0.2) is 18.4 Å². The lowest BCUT2D eigenvalue weighted by Crippen LogP contribution is -2.39. The fourth-order valence-electron chi connectivity index (χ4n) is 2.46. The van der Waals surface area contributed by atoms with Gasteiger partial charge in [-0.1, -0.05) is 6.07 Å². The first kappa shape index (κ1) is 15.7. The second kappa shape index (κ2) is 5.44. The van der Waals surface area contributed by atoms with Gasteiger partial charge in [0.05, 0.1) is 11.9 Å². The Kier molecular flexibility index (Phi) is 3.55. The van der Waals surface area contributed by atoms with Crippen molar-refractivity contribution in [3.8, 4) is 0 Å². The minimum absolute atomic E-state index is 0.0112. The fraction of sp³-hybridized carbons (Fsp3) is 0.133. The van der Waals surface area contributed by atoms with Gasteiger partial charge >= 0.3 is 11.7 Å². The van der Waals surface area contributed by atoms with Crippen molar-refractivity contribution in [1.82, 2.24) is 14.1 Å². The highest BCUT2D eigenvalue weighted by molar-refractivity contribution is 5.92. The zero-order valence-electron chi connectivity index (χ0n) is 12.3. The van der Waals surface area contributed by atoms with Gasteiger partial charge in [-0.3, -0.25) is 13.9 Å². The quantitative estimate of drug-likeness (QED) is 0.748. The number of aromatic nitrogens is 3. The van der Waals surface area contributed by atoms with Crippen molar-refractivity contribution < 1.29 is 18.7 Å². The first-order valence-electron chi connectivity index (χ1n) is 6.79. The van der Waals surface area contributed by atoms with Crippen LogP contribution in [0.4, 0.5) is 8.78 Å². The number of aryl methyl sites for hydroxylation is 1. The number of H-pyrrole nitrogens is 1. The number of aromatic carboxylic acids is 1. The van der Waals surface area contributed by atoms with Crippen LogP contribution in [0.5, 0.6) is 0 Å². The molecule has 0 atom stereocenters. The molecule has 1 aromatic carbocycles. The minimum Gasteiger partial charge on any atom is -0.477 e. The predicted octanol–water partition coefficient (Wildman–Crippen LogP) is 1.05. The first-order valence-corrected chi connectivity index (χ1v) is 6.79. The van der Waals surface area contributed by atoms with E-state index < -0.39 is 28.9 Å². The van der Waals surface area contributed by atoms with Crippen LogP contribution in [0.25, 0.3) is 11.0 Å². The molecule has 124 valence electrons. The Bertz CT molecular complexity index is 1090. The summed E-state index contributed by atoms with van der Waals surface area (Å²) in [5, 5.41) is 9.00. The maximum absolute atomic E-state index is 13.3. The van der Waals surface area contributed by atoms with Crippen LogP contribution in [-0.2, 0) is 13.6 Å². The van der Waals surface area contributed by atoms with Gasteiger partial charge < -0.3 is 10.1 Å². The highest BCUT2D eigenvalue weighted by atomic mass is 19.2. The average Bonchev–Trinajstić information content (AvgIpc) is 2.99. The number of nitrogens with zero attached hydrogens (tertiary/aromatic N) is 2. The summed E-state index contributed by atoms with van der Waals surface area (Å²) in [5.74, 6) is -3.40. The molecule has 0 radical (unpaired) electrons. The predicted molar refractivity (Wildman–Crippen MR) is 80.2 cm³/mol. The van der Waals surface area contributed by atoms with Crippen molar-refractivity contribution in [2.45, 2.75) is 6.54 Å². The van der Waals surface area contributed by atoms with Gasteiger partial charge in [0.25, 0.3) is 5.56 Å². The van der Waals surface area contributed by atoms with Crippen LogP contribution in [0, 0.1) is 11.6 Å². The number of hydrogen-bond acceptors (Lipinski definition) is 3. The molecule has 3 aromatic rings. The Hall–Kier alpha value is -3.23. The van der Waals surface area contributed by atoms with E-state index in [2.05, 4.69) is 4.98 Å². The molecule has 0 saturated carbocycles. The topological polar surface area (TPSA) is 97.1 Å². The highest BCUT2D eigenvalue weighted by Crippen LogP contribution is 2.11. The van der Waals surface area contributed by atoms with Crippen LogP contribution in [-0.4, -0.2) is 25.2 Å². The second-order valence-electron chi connectivity index (χ2n) is 5.23. The van der Waals surface area contributed by atoms with E-state index in [1.165, 1.54) is 13.1 Å². The Morgan fingerprint density at radius 2 is 1.92 bits per heavy atom. The molecule has 0 saturated heterocycles. The summed E-state index contributed by atoms with van der Waals surface area (Å²) in [6.45, 7) is -0.272. The zero-order valence-corrected chi connectivity index (χ0v) is 12.3. The molecule has 9 heteroatoms. The molecule has 24 heavy (non-hydrogen) atoms. The van der Waals surface area contributed by atoms with Gasteiger partial charge in [-0.15, -0.1) is 0 Å². The number of hydrogen-bond donors (Lipinski definition) is 2. The molecule has 0 aliphatic heterocycles. The lowest BCUT2D eigenvalue weighted by Gasteiger charge is -2.08. The van der Waals surface area contributed by atoms with Crippen LogP contribution in [0.2, 0.25) is 0 Å². The van der Waals surface area contributed by atoms with E-state index in [-0.39, 0.29) is 28.8 Å². The molecular formula is C15H11F2N3O4. The van der Waals surface area contributed by atoms with Gasteiger partial charge in [0, 0.05) is 7.05 Å². The summed E-state index contributed by atoms with van der Waals surface area (Å²) < 4.78 is 28.2. The number of aromatic amines is 1. The van der Waals surface area contributed by atoms with E-state index >= 15 is 0 Å². The Labute approximate surface area is 132 Å². The van der Waals surface area contributed by atoms with Gasteiger partial charge in [-0.2, -0.15) is 0 Å². The summed E-state index contributed by atoms with van der Waals surface area (Å²) in [4.78, 5) is 38.3. The van der Waals surface area contributed by atoms with Gasteiger partial charge in [0.2, 0.25) is 0 Å². The molecule has 0 amide bonds. The van der Waals surface area contributed by atoms with Crippen LogP contribution < -0.4 is 11.2 Å². The molecule has 3 rings (SSSR count). The van der Waals surface area contributed by atoms with E-state index in [1.54, 1.807) is 0 Å². The fourth-order valence-corrected chi connectivity index (χ4v) is 2.46. The van der Waals surface area contributed by atoms with E-state index in [0.717, 1.165) is 27.3 Å². The lowest BCUT2D eigenvalue weighted by atomic mass is 10.2. The molecule has 0 aliphatic rings. The van der Waals surface area contributed by atoms with Gasteiger partial charge in [0.15, 0.2) is 11.6 Å². The average molecular weight is 335 g/mol. The van der Waals surface area contributed by atoms with Crippen molar-refractivity contribution in [2.75, 3.05) is 0 Å². The van der Waals surface area contributed by atoms with Crippen molar-refractivity contribution in [3.63, 3.8) is 0 Å². The molecule has 0 spiro atoms. The number of carbonyl (C=O) groups is 1. The number of fused-ring (bicyclic) bond motifs is 1. The standard InChI is InChI=1S/C15H11F2N3O4/c1-19-12-8(5-11(18-12)14(22)23)13(21)20(15(19)24)6-7-2-3-9(16)10(17)4-7/h2-5,18H,6H2,1H3,(H,22,23). The Morgan fingerprint density at radius 1 is 1.21 bits per heavy atom. The number of carboxylic acid groups (broad SMARTS) is 1. The van der Waals surface area contributed by atoms with Crippen LogP contribution in [0.3, 0.4) is 0 Å². The molecule has 2 N–H and O–H groups in total. The zero-order chi connectivity index (χ0) is 17.6. The Morgan fingerprint density at radius 3 is 2.54 bits per heavy atom. The van der Waals surface area contributed by atoms with Crippen LogP contribution >= 0.6 is 0 Å². The van der Waals surface area contributed by atoms with Crippen molar-refractivity contribution in [1.29, 1.82) is 0 Å². The third-order valence-corrected chi connectivity index (χ3v) is 3.68. The maximum Gasteiger partial charge on any atom is 0.352 e. The molecule has 2 aromatic heterocycles. The highest BCUT2D eigenvalue weighted by Gasteiger charge is 2.17. The summed E-state index contributed by atoms with van der Waals surface area (Å²) >= 11 is 0. The Balaban J connectivity index is 2.21. The van der Waals surface area contributed by atoms with Crippen LogP contribution in [0.15, 0.2) is 33.9 Å². The molecular weight excluding hydrogens is 324 g/mol. The lowest BCUT2D eigenvalue weighted by molar-refractivity contribution is 0.0691. The first-order chi connectivity index (χ1) is 11.3. The van der Waals surface area contributed by atoms with Crippen molar-refractivity contribution >= 4 is 17.0 Å². The number of halogens is 2. The molecule has 0 unspecified atom stereocenters. The number of nitrogens with one attached hydrogen (secondary N) is 1. The molecule has 0 bridgehead atoms. The summed E-state index contributed by atoms with van der Waals surface area (Å²) in [6, 6.07) is 4.18. The number of carboxylic acids is 1. The SMILES string of the molecule is Cn1c(=O)n(Cc2ccc(F)c(F)c2)c(=O)c2cc(C(=O)O)[nH]c21. The molecule has 7 nitrogen and oxygen atoms in total. The van der Waals surface area contributed by atoms with E-state index in [1.807, 2.05) is 0 Å². The molecule has 0 fully saturated rings. The van der Waals surface area contributed by atoms with Crippen molar-refractivity contribution in [2.24, 2.45) is 7.05 Å². The number of benzene rings is 1. The summed E-state index contributed by atoms with van der Waals surface area (Å²) in [5.41, 5.74) is -1.37. The van der Waals surface area contributed by atoms with Gasteiger partial charge in [0.1, 0.15) is 11.3 Å². The number of rotatable bonds is 3. The molecule has 0 aliphatic carbocycles. The third kappa shape index (κ3) is 2.39. The van der Waals surface area contributed by atoms with E-state index in [0.29, 0.717) is 0 Å². The van der Waals surface area contributed by atoms with Gasteiger partial charge in [-0.05, 0) is 23.8 Å². The third-order valence-electron chi connectivity index (χ3n) is 3.68. The second-order valence-corrected chi connectivity index (χ2v) is 5.23. The maximum atomic E-state index is 13.3. The monoisotopic (exact) mass is 335 g/mol. The van der Waals surface area contributed by atoms with E-state index in [4.69, 9.17) is 5.11 Å². The summed E-state index contributed by atoms with van der Waals surface area (Å²) in [7, 11) is 1.37. The normalized spacial score (nSPS) is 11.1. The molecule has 2 heterocycles. The largest absolute Gasteiger partial charge is 0.477 e. The smallest absolute Gasteiger partial charge is 0.352 e. The van der Waals surface area contributed by atoms with Crippen molar-refractivity contribution in [3.05, 3.63) is 68.0 Å². The van der Waals surface area contributed by atoms with E-state index in [9.17, 15) is 23.2 Å². The van der Waals surface area contributed by atoms with Crippen LogP contribution in [0.1, 0.15) is 16.1 Å². The minimum atomic E-state index is -1.27. The summed E-state index contributed by atoms with van der Waals surface area (Å²) in [6.07, 6.45) is 0.